The molecule has 18 heteroatoms. The van der Waals surface area contributed by atoms with Crippen LogP contribution in [0.4, 0.5) is 0 Å². The van der Waals surface area contributed by atoms with Crippen molar-refractivity contribution in [2.24, 2.45) is 5.11 Å². The molecular weight excluding hydrogens is 485 g/mol. The Kier molecular flexibility index (Phi) is 8.28. The highest BCUT2D eigenvalue weighted by molar-refractivity contribution is 7.47. The summed E-state index contributed by atoms with van der Waals surface area (Å²) in [5.74, 6) is 0. The maximum Gasteiger partial charge on any atom is 0.472 e. The van der Waals surface area contributed by atoms with Gasteiger partial charge in [-0.25, -0.2) is 9.36 Å². The second-order valence-corrected chi connectivity index (χ2v) is 9.17. The second kappa shape index (κ2) is 10.6. The van der Waals surface area contributed by atoms with Crippen molar-refractivity contribution in [3.63, 3.8) is 0 Å². The van der Waals surface area contributed by atoms with E-state index in [9.17, 15) is 39.5 Å². The highest BCUT2D eigenvalue weighted by Crippen LogP contribution is 2.45. The first-order valence-electron chi connectivity index (χ1n) is 9.95. The molecule has 1 aromatic heterocycles. The van der Waals surface area contributed by atoms with E-state index in [2.05, 4.69) is 15.0 Å². The van der Waals surface area contributed by atoms with Crippen molar-refractivity contribution in [1.29, 1.82) is 0 Å². The third-order valence-electron chi connectivity index (χ3n) is 5.35. The minimum atomic E-state index is -4.80. The average Bonchev–Trinajstić information content (AvgIpc) is 3.18. The van der Waals surface area contributed by atoms with Crippen LogP contribution in [0.25, 0.3) is 10.4 Å². The first kappa shape index (κ1) is 26.5. The second-order valence-electron chi connectivity index (χ2n) is 7.71. The fraction of sp³-hybridized carbons (Fsp3) is 0.750. The number of nitrogens with zero attached hydrogens (tertiary/aromatic N) is 4. The van der Waals surface area contributed by atoms with Crippen LogP contribution in [0.2, 0.25) is 0 Å². The zero-order chi connectivity index (χ0) is 25.2. The molecule has 190 valence electrons. The Morgan fingerprint density at radius 2 is 1.82 bits per heavy atom. The van der Waals surface area contributed by atoms with Crippen LogP contribution in [0.3, 0.4) is 0 Å². The standard InChI is InChI=1S/C16H24N5O12P/c1-6-3-21(16(27)18-14(6)25)10-2-7(19-20-17)8(32-10)4-30-34(28,29)31-5-9-11(22)12(23)13(24)15(26)33-9/h3,7-13,15,22-24,26H,2,4-5H2,1H3,(H,28,29)(H,18,25,27)/t7?,8-,9-,10-,11-,12+,13-,15?/m1/s1. The lowest BCUT2D eigenvalue weighted by Crippen LogP contribution is -2.58. The molecule has 3 heterocycles. The number of aliphatic hydroxyl groups is 4. The quantitative estimate of drug-likeness (QED) is 0.0939. The number of rotatable bonds is 8. The lowest BCUT2D eigenvalue weighted by Gasteiger charge is -2.38. The van der Waals surface area contributed by atoms with Crippen LogP contribution in [0.1, 0.15) is 18.2 Å². The predicted molar refractivity (Wildman–Crippen MR) is 108 cm³/mol. The van der Waals surface area contributed by atoms with Crippen LogP contribution in [-0.2, 0) is 23.1 Å². The summed E-state index contributed by atoms with van der Waals surface area (Å²) in [6.07, 6.45) is -9.40. The van der Waals surface area contributed by atoms with E-state index in [1.165, 1.54) is 13.1 Å². The van der Waals surface area contributed by atoms with Gasteiger partial charge >= 0.3 is 13.5 Å². The van der Waals surface area contributed by atoms with Gasteiger partial charge in [0.05, 0.1) is 25.4 Å². The molecule has 2 saturated heterocycles. The van der Waals surface area contributed by atoms with E-state index in [1.54, 1.807) is 0 Å². The van der Waals surface area contributed by atoms with Crippen molar-refractivity contribution >= 4 is 7.82 Å². The van der Waals surface area contributed by atoms with Gasteiger partial charge in [0.25, 0.3) is 5.56 Å². The highest BCUT2D eigenvalue weighted by Gasteiger charge is 2.44. The third-order valence-corrected chi connectivity index (χ3v) is 6.30. The number of azide groups is 1. The van der Waals surface area contributed by atoms with Crippen LogP contribution in [0.5, 0.6) is 0 Å². The number of hydrogen-bond acceptors (Lipinski definition) is 12. The van der Waals surface area contributed by atoms with Gasteiger partial charge in [0, 0.05) is 23.1 Å². The van der Waals surface area contributed by atoms with Crippen molar-refractivity contribution in [2.45, 2.75) is 62.4 Å². The van der Waals surface area contributed by atoms with Gasteiger partial charge in [-0.3, -0.25) is 23.4 Å². The summed E-state index contributed by atoms with van der Waals surface area (Å²) in [5.41, 5.74) is 7.68. The van der Waals surface area contributed by atoms with Gasteiger partial charge in [-0.05, 0) is 12.5 Å². The maximum absolute atomic E-state index is 12.2. The van der Waals surface area contributed by atoms with Gasteiger partial charge in [-0.1, -0.05) is 5.11 Å². The summed E-state index contributed by atoms with van der Waals surface area (Å²) < 4.78 is 33.4. The summed E-state index contributed by atoms with van der Waals surface area (Å²) in [4.78, 5) is 38.4. The Morgan fingerprint density at radius 3 is 2.47 bits per heavy atom. The molecule has 0 spiro atoms. The molecule has 3 unspecified atom stereocenters. The zero-order valence-electron chi connectivity index (χ0n) is 17.6. The number of aliphatic hydroxyl groups excluding tert-OH is 4. The molecule has 34 heavy (non-hydrogen) atoms. The van der Waals surface area contributed by atoms with Gasteiger partial charge in [-0.15, -0.1) is 0 Å². The number of aromatic nitrogens is 2. The van der Waals surface area contributed by atoms with Gasteiger partial charge in [0.15, 0.2) is 6.29 Å². The van der Waals surface area contributed by atoms with Crippen LogP contribution in [0, 0.1) is 6.92 Å². The van der Waals surface area contributed by atoms with E-state index < -0.39 is 81.4 Å². The van der Waals surface area contributed by atoms with E-state index in [0.29, 0.717) is 0 Å². The number of phosphoric acid groups is 1. The maximum atomic E-state index is 12.2. The Bertz CT molecular complexity index is 1090. The number of aryl methyl sites for hydroxylation is 1. The van der Waals surface area contributed by atoms with Crippen LogP contribution in [-0.4, -0.2) is 90.9 Å². The normalized spacial score (nSPS) is 35.5. The number of H-pyrrole nitrogens is 1. The monoisotopic (exact) mass is 509 g/mol. The van der Waals surface area contributed by atoms with Crippen LogP contribution >= 0.6 is 7.82 Å². The third kappa shape index (κ3) is 5.91. The molecule has 6 N–H and O–H groups in total. The Labute approximate surface area is 190 Å². The van der Waals surface area contributed by atoms with Crippen molar-refractivity contribution in [2.75, 3.05) is 13.2 Å². The van der Waals surface area contributed by atoms with Crippen LogP contribution in [0.15, 0.2) is 20.9 Å². The number of ether oxygens (including phenoxy) is 2. The molecule has 9 atom stereocenters. The molecule has 0 aromatic carbocycles. The molecule has 2 aliphatic heterocycles. The minimum absolute atomic E-state index is 0.000272. The van der Waals surface area contributed by atoms with Crippen molar-refractivity contribution in [1.82, 2.24) is 9.55 Å². The van der Waals surface area contributed by atoms with E-state index in [0.717, 1.165) is 4.57 Å². The molecule has 0 saturated carbocycles. The average molecular weight is 509 g/mol. The Morgan fingerprint density at radius 1 is 1.18 bits per heavy atom. The van der Waals surface area contributed by atoms with E-state index in [4.69, 9.17) is 24.1 Å². The summed E-state index contributed by atoms with van der Waals surface area (Å²) >= 11 is 0. The van der Waals surface area contributed by atoms with Gasteiger partial charge < -0.3 is 34.8 Å². The van der Waals surface area contributed by atoms with E-state index >= 15 is 0 Å². The van der Waals surface area contributed by atoms with Gasteiger partial charge in [-0.2, -0.15) is 0 Å². The largest absolute Gasteiger partial charge is 0.472 e. The van der Waals surface area contributed by atoms with E-state index in [1.807, 2.05) is 0 Å². The van der Waals surface area contributed by atoms with Crippen molar-refractivity contribution in [3.8, 4) is 0 Å². The Hall–Kier alpha value is -2.14. The smallest absolute Gasteiger partial charge is 0.387 e. The zero-order valence-corrected chi connectivity index (χ0v) is 18.5. The first-order chi connectivity index (χ1) is 15.9. The molecule has 0 radical (unpaired) electrons. The fourth-order valence-electron chi connectivity index (χ4n) is 3.46. The SMILES string of the molecule is Cc1cn([C@H]2CC(N=[N+]=[N-])[C@@H](COP(=O)(O)OC[C@H]3OC(O)[C@H](O)[C@@H](O)[C@@H]3O)O2)c(=O)[nH]c1=O. The molecule has 17 nitrogen and oxygen atoms in total. The molecule has 3 rings (SSSR count). The fourth-order valence-corrected chi connectivity index (χ4v) is 4.21. The molecule has 0 bridgehead atoms. The van der Waals surface area contributed by atoms with Gasteiger partial charge in [0.2, 0.25) is 0 Å². The van der Waals surface area contributed by atoms with Gasteiger partial charge in [0.1, 0.15) is 30.6 Å². The van der Waals surface area contributed by atoms with Crippen molar-refractivity contribution < 1.29 is 48.4 Å². The minimum Gasteiger partial charge on any atom is -0.387 e. The number of aromatic amines is 1. The lowest BCUT2D eigenvalue weighted by atomic mass is 10.00. The summed E-state index contributed by atoms with van der Waals surface area (Å²) in [6.45, 7) is 0.0686. The lowest BCUT2D eigenvalue weighted by molar-refractivity contribution is -0.285. The topological polar surface area (TPSA) is 259 Å². The number of nitrogens with one attached hydrogen (secondary N) is 1. The molecule has 0 aliphatic carbocycles. The summed E-state index contributed by atoms with van der Waals surface area (Å²) in [7, 11) is -4.80. The summed E-state index contributed by atoms with van der Waals surface area (Å²) in [5, 5.41) is 42.0. The first-order valence-corrected chi connectivity index (χ1v) is 11.4. The van der Waals surface area contributed by atoms with Crippen LogP contribution < -0.4 is 11.2 Å². The summed E-state index contributed by atoms with van der Waals surface area (Å²) in [6, 6.07) is -0.899. The molecular formula is C16H24N5O12P. The molecule has 2 aliphatic rings. The molecule has 2 fully saturated rings. The number of hydrogen-bond donors (Lipinski definition) is 6. The number of phosphoric ester groups is 1. The highest BCUT2D eigenvalue weighted by atomic mass is 31.2. The van der Waals surface area contributed by atoms with E-state index in [-0.39, 0.29) is 12.0 Å². The predicted octanol–water partition coefficient (Wildman–Crippen LogP) is -2.26. The molecule has 0 amide bonds. The van der Waals surface area contributed by atoms with Crippen molar-refractivity contribution in [3.05, 3.63) is 43.0 Å². The Balaban J connectivity index is 1.62. The molecule has 1 aromatic rings.